The smallest absolute Gasteiger partial charge is 0.255 e. The van der Waals surface area contributed by atoms with E-state index in [1.165, 1.54) is 23.1 Å². The topological polar surface area (TPSA) is 29.1 Å². The Morgan fingerprint density at radius 3 is 2.83 bits per heavy atom. The summed E-state index contributed by atoms with van der Waals surface area (Å²) in [5.74, 6) is -1.08. The van der Waals surface area contributed by atoms with Gasteiger partial charge < -0.3 is 5.32 Å². The molecule has 0 bridgehead atoms. The molecule has 0 saturated carbocycles. The molecule has 0 radical (unpaired) electrons. The number of carbonyl (C=O) groups excluding carboxylic acids is 1. The highest BCUT2D eigenvalue weighted by atomic mass is 35.5. The van der Waals surface area contributed by atoms with Crippen molar-refractivity contribution in [3.8, 4) is 0 Å². The number of nitrogens with one attached hydrogen (secondary N) is 1. The Morgan fingerprint density at radius 2 is 2.17 bits per heavy atom. The molecular weight excluding hydrogens is 273 g/mol. The van der Waals surface area contributed by atoms with Gasteiger partial charge in [0, 0.05) is 11.4 Å². The van der Waals surface area contributed by atoms with E-state index in [1.54, 1.807) is 11.3 Å². The minimum Gasteiger partial charge on any atom is -0.352 e. The standard InChI is InChI=1S/C13H11ClFNOS/c14-10-4-1-5-11(15)12(10)13(17)16-7-6-9-3-2-8-18-9/h1-5,8H,6-7H2,(H,16,17). The number of carbonyl (C=O) groups is 1. The van der Waals surface area contributed by atoms with Crippen LogP contribution in [0.5, 0.6) is 0 Å². The monoisotopic (exact) mass is 283 g/mol. The van der Waals surface area contributed by atoms with Crippen LogP contribution < -0.4 is 5.32 Å². The fraction of sp³-hybridized carbons (Fsp3) is 0.154. The minimum absolute atomic E-state index is 0.0923. The largest absolute Gasteiger partial charge is 0.352 e. The lowest BCUT2D eigenvalue weighted by atomic mass is 10.2. The highest BCUT2D eigenvalue weighted by molar-refractivity contribution is 7.09. The predicted octanol–water partition coefficient (Wildman–Crippen LogP) is 3.51. The molecule has 1 N–H and O–H groups in total. The third kappa shape index (κ3) is 3.09. The third-order valence-electron chi connectivity index (χ3n) is 2.43. The first-order valence-electron chi connectivity index (χ1n) is 5.43. The van der Waals surface area contributed by atoms with Gasteiger partial charge in [0.15, 0.2) is 0 Å². The molecule has 18 heavy (non-hydrogen) atoms. The van der Waals surface area contributed by atoms with Crippen LogP contribution >= 0.6 is 22.9 Å². The van der Waals surface area contributed by atoms with E-state index in [1.807, 2.05) is 17.5 Å². The Morgan fingerprint density at radius 1 is 1.33 bits per heavy atom. The van der Waals surface area contributed by atoms with Gasteiger partial charge in [-0.2, -0.15) is 0 Å². The van der Waals surface area contributed by atoms with E-state index < -0.39 is 11.7 Å². The average molecular weight is 284 g/mol. The van der Waals surface area contributed by atoms with E-state index >= 15 is 0 Å². The quantitative estimate of drug-likeness (QED) is 0.914. The average Bonchev–Trinajstić information content (AvgIpc) is 2.82. The van der Waals surface area contributed by atoms with Crippen molar-refractivity contribution in [2.24, 2.45) is 0 Å². The molecule has 1 amide bonds. The molecule has 0 aliphatic heterocycles. The first-order valence-corrected chi connectivity index (χ1v) is 6.69. The van der Waals surface area contributed by atoms with Crippen molar-refractivity contribution in [1.29, 1.82) is 0 Å². The predicted molar refractivity (Wildman–Crippen MR) is 71.8 cm³/mol. The second-order valence-electron chi connectivity index (χ2n) is 3.68. The van der Waals surface area contributed by atoms with Gasteiger partial charge in [-0.25, -0.2) is 4.39 Å². The number of halogens is 2. The van der Waals surface area contributed by atoms with Gasteiger partial charge in [0.2, 0.25) is 0 Å². The van der Waals surface area contributed by atoms with Crippen LogP contribution in [-0.2, 0) is 6.42 Å². The number of hydrogen-bond acceptors (Lipinski definition) is 2. The molecule has 0 fully saturated rings. The molecule has 0 atom stereocenters. The van der Waals surface area contributed by atoms with Crippen molar-refractivity contribution in [1.82, 2.24) is 5.32 Å². The van der Waals surface area contributed by atoms with Crippen LogP contribution in [0.4, 0.5) is 4.39 Å². The second kappa shape index (κ2) is 5.98. The minimum atomic E-state index is -0.601. The molecule has 1 aromatic heterocycles. The van der Waals surface area contributed by atoms with E-state index in [9.17, 15) is 9.18 Å². The number of rotatable bonds is 4. The maximum atomic E-state index is 13.5. The molecule has 0 aliphatic rings. The van der Waals surface area contributed by atoms with Crippen molar-refractivity contribution in [2.45, 2.75) is 6.42 Å². The molecule has 1 aromatic carbocycles. The Kier molecular flexibility index (Phi) is 4.33. The van der Waals surface area contributed by atoms with Gasteiger partial charge in [0.25, 0.3) is 5.91 Å². The van der Waals surface area contributed by atoms with Gasteiger partial charge in [0.05, 0.1) is 10.6 Å². The molecule has 5 heteroatoms. The second-order valence-corrected chi connectivity index (χ2v) is 5.12. The zero-order valence-electron chi connectivity index (χ0n) is 9.45. The molecule has 0 unspecified atom stereocenters. The van der Waals surface area contributed by atoms with Crippen LogP contribution in [0, 0.1) is 5.82 Å². The summed E-state index contributed by atoms with van der Waals surface area (Å²) in [6, 6.07) is 8.14. The van der Waals surface area contributed by atoms with Gasteiger partial charge >= 0.3 is 0 Å². The van der Waals surface area contributed by atoms with Gasteiger partial charge in [-0.3, -0.25) is 4.79 Å². The summed E-state index contributed by atoms with van der Waals surface area (Å²) >= 11 is 7.43. The Hall–Kier alpha value is -1.39. The Bertz CT molecular complexity index is 522. The molecule has 94 valence electrons. The van der Waals surface area contributed by atoms with Crippen molar-refractivity contribution in [2.75, 3.05) is 6.54 Å². The fourth-order valence-electron chi connectivity index (χ4n) is 1.56. The summed E-state index contributed by atoms with van der Waals surface area (Å²) < 4.78 is 13.5. The van der Waals surface area contributed by atoms with Crippen molar-refractivity contribution < 1.29 is 9.18 Å². The molecule has 0 spiro atoms. The maximum absolute atomic E-state index is 13.5. The Balaban J connectivity index is 1.96. The number of thiophene rings is 1. The van der Waals surface area contributed by atoms with E-state index in [0.717, 1.165) is 6.42 Å². The van der Waals surface area contributed by atoms with Crippen molar-refractivity contribution >= 4 is 28.8 Å². The number of amides is 1. The molecule has 0 aliphatic carbocycles. The lowest BCUT2D eigenvalue weighted by molar-refractivity contribution is 0.0950. The van der Waals surface area contributed by atoms with Crippen molar-refractivity contribution in [3.63, 3.8) is 0 Å². The van der Waals surface area contributed by atoms with E-state index in [2.05, 4.69) is 5.32 Å². The van der Waals surface area contributed by atoms with Gasteiger partial charge in [-0.15, -0.1) is 11.3 Å². The summed E-state index contributed by atoms with van der Waals surface area (Å²) in [5, 5.41) is 4.77. The van der Waals surface area contributed by atoms with Crippen LogP contribution in [-0.4, -0.2) is 12.5 Å². The Labute approximate surface area is 113 Å². The highest BCUT2D eigenvalue weighted by Crippen LogP contribution is 2.18. The first-order chi connectivity index (χ1) is 8.68. The van der Waals surface area contributed by atoms with Gasteiger partial charge in [0.1, 0.15) is 5.82 Å². The van der Waals surface area contributed by atoms with Crippen LogP contribution in [0.15, 0.2) is 35.7 Å². The summed E-state index contributed by atoms with van der Waals surface area (Å²) in [6.45, 7) is 0.462. The fourth-order valence-corrected chi connectivity index (χ4v) is 2.51. The van der Waals surface area contributed by atoms with Crippen LogP contribution in [0.2, 0.25) is 5.02 Å². The van der Waals surface area contributed by atoms with Gasteiger partial charge in [-0.05, 0) is 30.0 Å². The molecule has 0 saturated heterocycles. The summed E-state index contributed by atoms with van der Waals surface area (Å²) in [4.78, 5) is 13.0. The van der Waals surface area contributed by atoms with Crippen LogP contribution in [0.25, 0.3) is 0 Å². The van der Waals surface area contributed by atoms with Crippen LogP contribution in [0.1, 0.15) is 15.2 Å². The van der Waals surface area contributed by atoms with Crippen molar-refractivity contribution in [3.05, 3.63) is 57.0 Å². The zero-order valence-corrected chi connectivity index (χ0v) is 11.0. The molecule has 2 nitrogen and oxygen atoms in total. The van der Waals surface area contributed by atoms with Gasteiger partial charge in [-0.1, -0.05) is 23.7 Å². The lowest BCUT2D eigenvalue weighted by Gasteiger charge is -2.06. The highest BCUT2D eigenvalue weighted by Gasteiger charge is 2.14. The molecule has 1 heterocycles. The number of hydrogen-bond donors (Lipinski definition) is 1. The summed E-state index contributed by atoms with van der Waals surface area (Å²) in [5.41, 5.74) is -0.0923. The maximum Gasteiger partial charge on any atom is 0.255 e. The normalized spacial score (nSPS) is 10.3. The molecule has 2 rings (SSSR count). The first kappa shape index (κ1) is 13.1. The van der Waals surface area contributed by atoms with E-state index in [4.69, 9.17) is 11.6 Å². The molecule has 2 aromatic rings. The number of benzene rings is 1. The van der Waals surface area contributed by atoms with Crippen LogP contribution in [0.3, 0.4) is 0 Å². The lowest BCUT2D eigenvalue weighted by Crippen LogP contribution is -2.26. The molecular formula is C13H11ClFNOS. The zero-order chi connectivity index (χ0) is 13.0. The van der Waals surface area contributed by atoms with E-state index in [0.29, 0.717) is 6.54 Å². The third-order valence-corrected chi connectivity index (χ3v) is 3.68. The van der Waals surface area contributed by atoms with E-state index in [-0.39, 0.29) is 10.6 Å². The summed E-state index contributed by atoms with van der Waals surface area (Å²) in [7, 11) is 0. The summed E-state index contributed by atoms with van der Waals surface area (Å²) in [6.07, 6.45) is 0.732. The SMILES string of the molecule is O=C(NCCc1cccs1)c1c(F)cccc1Cl.